The van der Waals surface area contributed by atoms with Crippen molar-refractivity contribution in [1.82, 2.24) is 10.2 Å². The molecule has 0 spiro atoms. The lowest BCUT2D eigenvalue weighted by molar-refractivity contribution is 0.194. The SMILES string of the molecule is COc1ccc(CC(C)N(C)C2CCNC2)cc1OC. The molecule has 1 N–H and O–H groups in total. The first-order valence-corrected chi connectivity index (χ1v) is 7.29. The number of hydrogen-bond donors (Lipinski definition) is 1. The van der Waals surface area contributed by atoms with Gasteiger partial charge in [0.1, 0.15) is 0 Å². The zero-order valence-corrected chi connectivity index (χ0v) is 13.0. The summed E-state index contributed by atoms with van der Waals surface area (Å²) in [5, 5.41) is 3.43. The number of hydrogen-bond acceptors (Lipinski definition) is 4. The lowest BCUT2D eigenvalue weighted by Gasteiger charge is -2.30. The van der Waals surface area contributed by atoms with E-state index in [1.807, 2.05) is 6.07 Å². The molecule has 0 aromatic heterocycles. The highest BCUT2D eigenvalue weighted by atomic mass is 16.5. The third-order valence-electron chi connectivity index (χ3n) is 4.28. The monoisotopic (exact) mass is 278 g/mol. The molecule has 2 rings (SSSR count). The smallest absolute Gasteiger partial charge is 0.160 e. The Morgan fingerprint density at radius 2 is 2.05 bits per heavy atom. The summed E-state index contributed by atoms with van der Waals surface area (Å²) in [5.74, 6) is 1.60. The molecule has 20 heavy (non-hydrogen) atoms. The van der Waals surface area contributed by atoms with Gasteiger partial charge in [-0.05, 0) is 51.1 Å². The van der Waals surface area contributed by atoms with Crippen molar-refractivity contribution < 1.29 is 9.47 Å². The van der Waals surface area contributed by atoms with Crippen LogP contribution in [0.25, 0.3) is 0 Å². The first-order valence-electron chi connectivity index (χ1n) is 7.29. The fourth-order valence-electron chi connectivity index (χ4n) is 2.84. The molecule has 0 amide bonds. The summed E-state index contributed by atoms with van der Waals surface area (Å²) >= 11 is 0. The number of nitrogens with zero attached hydrogens (tertiary/aromatic N) is 1. The van der Waals surface area contributed by atoms with Crippen LogP contribution in [0.15, 0.2) is 18.2 Å². The van der Waals surface area contributed by atoms with Crippen LogP contribution in [0.4, 0.5) is 0 Å². The standard InChI is InChI=1S/C16H26N2O2/c1-12(18(2)14-7-8-17-11-14)9-13-5-6-15(19-3)16(10-13)20-4/h5-6,10,12,14,17H,7-9,11H2,1-4H3. The molecule has 4 nitrogen and oxygen atoms in total. The maximum Gasteiger partial charge on any atom is 0.160 e. The normalized spacial score (nSPS) is 20.1. The molecule has 1 heterocycles. The van der Waals surface area contributed by atoms with Crippen LogP contribution < -0.4 is 14.8 Å². The summed E-state index contributed by atoms with van der Waals surface area (Å²) in [5.41, 5.74) is 1.29. The number of rotatable bonds is 6. The van der Waals surface area contributed by atoms with Crippen molar-refractivity contribution in [2.75, 3.05) is 34.4 Å². The third kappa shape index (κ3) is 3.44. The average Bonchev–Trinajstić information content (AvgIpc) is 3.00. The predicted molar refractivity (Wildman–Crippen MR) is 81.7 cm³/mol. The maximum absolute atomic E-state index is 5.37. The van der Waals surface area contributed by atoms with Gasteiger partial charge in [0, 0.05) is 18.6 Å². The number of benzene rings is 1. The van der Waals surface area contributed by atoms with Crippen molar-refractivity contribution in [3.8, 4) is 11.5 Å². The summed E-state index contributed by atoms with van der Waals surface area (Å²) in [6.07, 6.45) is 2.26. The van der Waals surface area contributed by atoms with E-state index in [1.165, 1.54) is 12.0 Å². The highest BCUT2D eigenvalue weighted by Crippen LogP contribution is 2.28. The van der Waals surface area contributed by atoms with Gasteiger partial charge in [-0.1, -0.05) is 6.07 Å². The van der Waals surface area contributed by atoms with Gasteiger partial charge in [0.05, 0.1) is 14.2 Å². The fourth-order valence-corrected chi connectivity index (χ4v) is 2.84. The Hall–Kier alpha value is -1.26. The van der Waals surface area contributed by atoms with Crippen molar-refractivity contribution >= 4 is 0 Å². The molecule has 1 aliphatic heterocycles. The molecule has 0 aliphatic carbocycles. The second-order valence-electron chi connectivity index (χ2n) is 5.55. The summed E-state index contributed by atoms with van der Waals surface area (Å²) in [6.45, 7) is 4.53. The number of nitrogens with one attached hydrogen (secondary N) is 1. The summed E-state index contributed by atoms with van der Waals surface area (Å²) in [7, 11) is 5.57. The number of likely N-dealkylation sites (N-methyl/N-ethyl adjacent to an activating group) is 1. The minimum absolute atomic E-state index is 0.512. The second-order valence-corrected chi connectivity index (χ2v) is 5.55. The molecule has 1 fully saturated rings. The lowest BCUT2D eigenvalue weighted by Crippen LogP contribution is -2.40. The van der Waals surface area contributed by atoms with E-state index in [9.17, 15) is 0 Å². The quantitative estimate of drug-likeness (QED) is 0.862. The summed E-state index contributed by atoms with van der Waals surface area (Å²) in [6, 6.07) is 7.36. The van der Waals surface area contributed by atoms with E-state index in [-0.39, 0.29) is 0 Å². The van der Waals surface area contributed by atoms with Gasteiger partial charge in [-0.25, -0.2) is 0 Å². The van der Waals surface area contributed by atoms with E-state index < -0.39 is 0 Å². The second kappa shape index (κ2) is 6.95. The maximum atomic E-state index is 5.37. The van der Waals surface area contributed by atoms with Crippen molar-refractivity contribution in [3.63, 3.8) is 0 Å². The molecular formula is C16H26N2O2. The van der Waals surface area contributed by atoms with E-state index in [4.69, 9.17) is 9.47 Å². The Bertz CT molecular complexity index is 430. The van der Waals surface area contributed by atoms with Crippen LogP contribution in [-0.4, -0.2) is 51.3 Å². The van der Waals surface area contributed by atoms with Gasteiger partial charge in [0.2, 0.25) is 0 Å². The largest absolute Gasteiger partial charge is 0.493 e. The number of ether oxygens (including phenoxy) is 2. The highest BCUT2D eigenvalue weighted by molar-refractivity contribution is 5.43. The van der Waals surface area contributed by atoms with Gasteiger partial charge in [0.15, 0.2) is 11.5 Å². The van der Waals surface area contributed by atoms with Crippen LogP contribution in [0, 0.1) is 0 Å². The number of methoxy groups -OCH3 is 2. The minimum atomic E-state index is 0.512. The molecule has 1 saturated heterocycles. The van der Waals surface area contributed by atoms with Crippen LogP contribution in [0.5, 0.6) is 11.5 Å². The van der Waals surface area contributed by atoms with Gasteiger partial charge in [-0.3, -0.25) is 4.90 Å². The Kier molecular flexibility index (Phi) is 5.26. The average molecular weight is 278 g/mol. The van der Waals surface area contributed by atoms with Crippen LogP contribution in [-0.2, 0) is 6.42 Å². The van der Waals surface area contributed by atoms with Gasteiger partial charge in [0.25, 0.3) is 0 Å². The Balaban J connectivity index is 2.01. The van der Waals surface area contributed by atoms with Crippen molar-refractivity contribution in [1.29, 1.82) is 0 Å². The van der Waals surface area contributed by atoms with E-state index in [1.54, 1.807) is 14.2 Å². The Morgan fingerprint density at radius 3 is 2.65 bits per heavy atom. The fraction of sp³-hybridized carbons (Fsp3) is 0.625. The molecular weight excluding hydrogens is 252 g/mol. The topological polar surface area (TPSA) is 33.7 Å². The first-order chi connectivity index (χ1) is 9.65. The van der Waals surface area contributed by atoms with Gasteiger partial charge in [-0.2, -0.15) is 0 Å². The molecule has 112 valence electrons. The molecule has 0 saturated carbocycles. The summed E-state index contributed by atoms with van der Waals surface area (Å²) in [4.78, 5) is 2.48. The molecule has 0 radical (unpaired) electrons. The van der Waals surface area contributed by atoms with Crippen LogP contribution in [0.2, 0.25) is 0 Å². The van der Waals surface area contributed by atoms with Gasteiger partial charge in [-0.15, -0.1) is 0 Å². The van der Waals surface area contributed by atoms with Gasteiger partial charge >= 0.3 is 0 Å². The molecule has 1 aromatic rings. The molecule has 1 aromatic carbocycles. The molecule has 1 aliphatic rings. The van der Waals surface area contributed by atoms with Crippen LogP contribution in [0.1, 0.15) is 18.9 Å². The molecule has 0 bridgehead atoms. The Labute approximate surface area is 122 Å². The first kappa shape index (κ1) is 15.1. The highest BCUT2D eigenvalue weighted by Gasteiger charge is 2.23. The predicted octanol–water partition coefficient (Wildman–Crippen LogP) is 1.93. The van der Waals surface area contributed by atoms with Crippen molar-refractivity contribution in [2.24, 2.45) is 0 Å². The van der Waals surface area contributed by atoms with E-state index in [2.05, 4.69) is 36.3 Å². The Morgan fingerprint density at radius 1 is 1.30 bits per heavy atom. The van der Waals surface area contributed by atoms with E-state index >= 15 is 0 Å². The molecule has 4 heteroatoms. The van der Waals surface area contributed by atoms with E-state index in [0.29, 0.717) is 12.1 Å². The summed E-state index contributed by atoms with van der Waals surface area (Å²) < 4.78 is 10.7. The van der Waals surface area contributed by atoms with Crippen LogP contribution >= 0.6 is 0 Å². The van der Waals surface area contributed by atoms with Crippen molar-refractivity contribution in [3.05, 3.63) is 23.8 Å². The molecule has 2 atom stereocenters. The minimum Gasteiger partial charge on any atom is -0.493 e. The molecule has 2 unspecified atom stereocenters. The van der Waals surface area contributed by atoms with Crippen molar-refractivity contribution in [2.45, 2.75) is 31.8 Å². The van der Waals surface area contributed by atoms with E-state index in [0.717, 1.165) is 31.0 Å². The van der Waals surface area contributed by atoms with Crippen LogP contribution in [0.3, 0.4) is 0 Å². The lowest BCUT2D eigenvalue weighted by atomic mass is 10.0. The van der Waals surface area contributed by atoms with Gasteiger partial charge < -0.3 is 14.8 Å². The zero-order chi connectivity index (χ0) is 14.5. The zero-order valence-electron chi connectivity index (χ0n) is 13.0. The third-order valence-corrected chi connectivity index (χ3v) is 4.28.